The Hall–Kier alpha value is -4.12. The molecule has 1 aliphatic rings. The van der Waals surface area contributed by atoms with Gasteiger partial charge in [0, 0.05) is 29.8 Å². The molecule has 0 saturated heterocycles. The Bertz CT molecular complexity index is 1050. The number of nitrogens with two attached hydrogens (primary N) is 2. The first-order valence-corrected chi connectivity index (χ1v) is 8.33. The summed E-state index contributed by atoms with van der Waals surface area (Å²) >= 11 is 0. The molecule has 28 heavy (non-hydrogen) atoms. The van der Waals surface area contributed by atoms with Gasteiger partial charge in [-0.1, -0.05) is 42.5 Å². The van der Waals surface area contributed by atoms with Crippen molar-refractivity contribution in [3.63, 3.8) is 0 Å². The highest BCUT2D eigenvalue weighted by Crippen LogP contribution is 2.40. The molecule has 2 aromatic rings. The van der Waals surface area contributed by atoms with Gasteiger partial charge in [0.05, 0.1) is 17.4 Å². The van der Waals surface area contributed by atoms with Crippen LogP contribution in [0.5, 0.6) is 0 Å². The van der Waals surface area contributed by atoms with Crippen molar-refractivity contribution in [3.05, 3.63) is 110 Å². The van der Waals surface area contributed by atoms with Crippen molar-refractivity contribution in [1.29, 1.82) is 5.41 Å². The predicted molar refractivity (Wildman–Crippen MR) is 104 cm³/mol. The lowest BCUT2D eigenvalue weighted by atomic mass is 9.84. The standard InChI is InChI=1S/C20H17N5O3/c1-24-18-16(13-8-5-9-14(11-13)25(26)27)17(19(22)28-20(18)23)15(21)10-12-6-3-2-4-7-12/h2-9,11,16,22H,10,21,23H2. The van der Waals surface area contributed by atoms with Crippen LogP contribution in [0, 0.1) is 22.1 Å². The predicted octanol–water partition coefficient (Wildman–Crippen LogP) is 3.19. The summed E-state index contributed by atoms with van der Waals surface area (Å²) in [6, 6.07) is 15.3. The normalized spacial score (nSPS) is 18.2. The van der Waals surface area contributed by atoms with E-state index in [9.17, 15) is 10.1 Å². The first kappa shape index (κ1) is 18.7. The first-order chi connectivity index (χ1) is 13.4. The lowest BCUT2D eigenvalue weighted by Gasteiger charge is -2.28. The maximum atomic E-state index is 11.2. The molecule has 2 aromatic carbocycles. The largest absolute Gasteiger partial charge is 0.434 e. The molecule has 0 spiro atoms. The lowest BCUT2D eigenvalue weighted by molar-refractivity contribution is -0.384. The Morgan fingerprint density at radius 3 is 2.61 bits per heavy atom. The van der Waals surface area contributed by atoms with Crippen molar-refractivity contribution >= 4 is 11.6 Å². The fraction of sp³-hybridized carbons (Fsp3) is 0.100. The molecular weight excluding hydrogens is 358 g/mol. The highest BCUT2D eigenvalue weighted by Gasteiger charge is 2.36. The van der Waals surface area contributed by atoms with Gasteiger partial charge in [-0.15, -0.1) is 0 Å². The smallest absolute Gasteiger partial charge is 0.269 e. The second-order valence-corrected chi connectivity index (χ2v) is 6.18. The maximum absolute atomic E-state index is 11.2. The molecule has 140 valence electrons. The summed E-state index contributed by atoms with van der Waals surface area (Å²) in [5.74, 6) is -1.29. The number of hydrogen-bond acceptors (Lipinski definition) is 6. The quantitative estimate of drug-likeness (QED) is 0.429. The van der Waals surface area contributed by atoms with Crippen molar-refractivity contribution in [1.82, 2.24) is 0 Å². The summed E-state index contributed by atoms with van der Waals surface area (Å²) in [6.07, 6.45) is 0.332. The molecule has 0 aromatic heterocycles. The van der Waals surface area contributed by atoms with Gasteiger partial charge in [-0.2, -0.15) is 0 Å². The Balaban J connectivity index is 2.17. The SMILES string of the molecule is [C-]#[N+]C1=C(N)OC(=N)C(=C(N)Cc2ccccc2)C1c1cccc([N+](=O)[O-])c1. The molecule has 1 unspecified atom stereocenters. The number of non-ortho nitro benzene ring substituents is 1. The number of nitrogens with one attached hydrogen (secondary N) is 1. The van der Waals surface area contributed by atoms with Crippen molar-refractivity contribution in [2.75, 3.05) is 0 Å². The number of nitrogens with zero attached hydrogens (tertiary/aromatic N) is 2. The minimum Gasteiger partial charge on any atom is -0.434 e. The third kappa shape index (κ3) is 3.54. The number of allylic oxidation sites excluding steroid dienone is 2. The molecule has 1 atom stereocenters. The third-order valence-electron chi connectivity index (χ3n) is 4.39. The molecule has 3 rings (SSSR count). The van der Waals surface area contributed by atoms with Crippen molar-refractivity contribution < 1.29 is 9.66 Å². The molecule has 8 nitrogen and oxygen atoms in total. The number of nitro groups is 1. The minimum atomic E-state index is -0.817. The monoisotopic (exact) mass is 375 g/mol. The molecule has 0 amide bonds. The van der Waals surface area contributed by atoms with E-state index >= 15 is 0 Å². The summed E-state index contributed by atoms with van der Waals surface area (Å²) in [5.41, 5.74) is 14.0. The van der Waals surface area contributed by atoms with E-state index in [2.05, 4.69) is 4.85 Å². The molecule has 0 bridgehead atoms. The molecule has 8 heteroatoms. The number of benzene rings is 2. The zero-order chi connectivity index (χ0) is 20.3. The van der Waals surface area contributed by atoms with Crippen LogP contribution in [-0.2, 0) is 11.2 Å². The lowest BCUT2D eigenvalue weighted by Crippen LogP contribution is -2.29. The van der Waals surface area contributed by atoms with Crippen LogP contribution >= 0.6 is 0 Å². The molecule has 0 fully saturated rings. The number of rotatable bonds is 4. The van der Waals surface area contributed by atoms with E-state index in [-0.39, 0.29) is 28.7 Å². The zero-order valence-corrected chi connectivity index (χ0v) is 14.8. The number of nitro benzene ring substituents is 1. The highest BCUT2D eigenvalue weighted by molar-refractivity contribution is 5.96. The van der Waals surface area contributed by atoms with Crippen LogP contribution in [0.3, 0.4) is 0 Å². The third-order valence-corrected chi connectivity index (χ3v) is 4.39. The summed E-state index contributed by atoms with van der Waals surface area (Å²) < 4.78 is 5.25. The summed E-state index contributed by atoms with van der Waals surface area (Å²) in [5, 5.41) is 19.4. The van der Waals surface area contributed by atoms with E-state index in [4.69, 9.17) is 28.2 Å². The average Bonchev–Trinajstić information content (AvgIpc) is 2.68. The van der Waals surface area contributed by atoms with Gasteiger partial charge in [-0.25, -0.2) is 4.85 Å². The van der Waals surface area contributed by atoms with Crippen LogP contribution in [0.15, 0.2) is 77.4 Å². The van der Waals surface area contributed by atoms with Crippen LogP contribution < -0.4 is 11.5 Å². The van der Waals surface area contributed by atoms with E-state index in [0.29, 0.717) is 17.7 Å². The highest BCUT2D eigenvalue weighted by atomic mass is 16.6. The maximum Gasteiger partial charge on any atom is 0.269 e. The van der Waals surface area contributed by atoms with E-state index in [1.165, 1.54) is 18.2 Å². The average molecular weight is 375 g/mol. The molecule has 5 N–H and O–H groups in total. The topological polar surface area (TPSA) is 133 Å². The zero-order valence-electron chi connectivity index (χ0n) is 14.8. The first-order valence-electron chi connectivity index (χ1n) is 8.33. The van der Waals surface area contributed by atoms with Crippen LogP contribution in [0.1, 0.15) is 17.0 Å². The van der Waals surface area contributed by atoms with Gasteiger partial charge in [-0.05, 0) is 11.1 Å². The van der Waals surface area contributed by atoms with E-state index < -0.39 is 10.8 Å². The second kappa shape index (κ2) is 7.63. The summed E-state index contributed by atoms with van der Waals surface area (Å²) in [7, 11) is 0. The Labute approximate surface area is 161 Å². The van der Waals surface area contributed by atoms with Crippen LogP contribution in [-0.4, -0.2) is 10.8 Å². The van der Waals surface area contributed by atoms with Crippen LogP contribution in [0.4, 0.5) is 5.69 Å². The van der Waals surface area contributed by atoms with Crippen molar-refractivity contribution in [2.24, 2.45) is 11.5 Å². The molecule has 1 heterocycles. The van der Waals surface area contributed by atoms with Crippen LogP contribution in [0.2, 0.25) is 0 Å². The molecule has 1 aliphatic heterocycles. The minimum absolute atomic E-state index is 0.0440. The van der Waals surface area contributed by atoms with Gasteiger partial charge < -0.3 is 16.2 Å². The van der Waals surface area contributed by atoms with E-state index in [0.717, 1.165) is 5.56 Å². The van der Waals surface area contributed by atoms with Gasteiger partial charge in [0.2, 0.25) is 11.6 Å². The van der Waals surface area contributed by atoms with Crippen molar-refractivity contribution in [3.8, 4) is 0 Å². The number of hydrogen-bond donors (Lipinski definition) is 3. The van der Waals surface area contributed by atoms with Gasteiger partial charge >= 0.3 is 0 Å². The molecule has 0 saturated carbocycles. The fourth-order valence-corrected chi connectivity index (χ4v) is 3.13. The van der Waals surface area contributed by atoms with Crippen molar-refractivity contribution in [2.45, 2.75) is 12.3 Å². The summed E-state index contributed by atoms with van der Waals surface area (Å²) in [4.78, 5) is 14.1. The molecule has 0 aliphatic carbocycles. The van der Waals surface area contributed by atoms with Gasteiger partial charge in [0.15, 0.2) is 5.88 Å². The Morgan fingerprint density at radius 2 is 1.96 bits per heavy atom. The van der Waals surface area contributed by atoms with Gasteiger partial charge in [0.1, 0.15) is 0 Å². The molecule has 0 radical (unpaired) electrons. The van der Waals surface area contributed by atoms with Gasteiger partial charge in [-0.3, -0.25) is 15.5 Å². The van der Waals surface area contributed by atoms with Crippen LogP contribution in [0.25, 0.3) is 4.85 Å². The number of ether oxygens (including phenoxy) is 1. The summed E-state index contributed by atoms with van der Waals surface area (Å²) in [6.45, 7) is 7.50. The molecular formula is C20H17N5O3. The van der Waals surface area contributed by atoms with E-state index in [1.807, 2.05) is 30.3 Å². The van der Waals surface area contributed by atoms with E-state index in [1.54, 1.807) is 6.07 Å². The Kier molecular flexibility index (Phi) is 5.09. The van der Waals surface area contributed by atoms with Gasteiger partial charge in [0.25, 0.3) is 5.69 Å². The second-order valence-electron chi connectivity index (χ2n) is 6.18. The fourth-order valence-electron chi connectivity index (χ4n) is 3.13. The Morgan fingerprint density at radius 1 is 1.25 bits per heavy atom.